The summed E-state index contributed by atoms with van der Waals surface area (Å²) in [7, 11) is 0. The molecule has 1 saturated heterocycles. The summed E-state index contributed by atoms with van der Waals surface area (Å²) in [5.74, 6) is 0.0712. The van der Waals surface area contributed by atoms with E-state index < -0.39 is 0 Å². The fraction of sp³-hybridized carbons (Fsp3) is 0.406. The van der Waals surface area contributed by atoms with Crippen LogP contribution in [0.2, 0.25) is 0 Å². The van der Waals surface area contributed by atoms with Crippen molar-refractivity contribution in [2.24, 2.45) is 0 Å². The molecule has 36 heavy (non-hydrogen) atoms. The van der Waals surface area contributed by atoms with Crippen LogP contribution in [-0.2, 0) is 17.9 Å². The van der Waals surface area contributed by atoms with Crippen LogP contribution in [0, 0.1) is 0 Å². The molecule has 3 aliphatic rings. The van der Waals surface area contributed by atoms with Crippen molar-refractivity contribution < 1.29 is 4.79 Å². The zero-order chi connectivity index (χ0) is 24.6. The average molecular weight is 480 g/mol. The Balaban J connectivity index is 1.29. The molecule has 1 amide bonds. The molecule has 1 atom stereocenters. The third kappa shape index (κ3) is 3.92. The molecule has 3 aromatic carbocycles. The number of hydrogen-bond acceptors (Lipinski definition) is 3. The molecule has 0 saturated carbocycles. The Bertz CT molecular complexity index is 1240. The molecule has 3 aromatic rings. The highest BCUT2D eigenvalue weighted by Gasteiger charge is 2.41. The molecule has 0 aromatic heterocycles. The van der Waals surface area contributed by atoms with Gasteiger partial charge in [-0.15, -0.1) is 0 Å². The average Bonchev–Trinajstić information content (AvgIpc) is 3.45. The fourth-order valence-electron chi connectivity index (χ4n) is 6.41. The molecule has 4 heteroatoms. The van der Waals surface area contributed by atoms with Crippen molar-refractivity contribution in [3.8, 4) is 11.1 Å². The van der Waals surface area contributed by atoms with E-state index in [0.29, 0.717) is 6.04 Å². The van der Waals surface area contributed by atoms with E-state index in [0.717, 1.165) is 58.5 Å². The molecule has 1 unspecified atom stereocenters. The lowest BCUT2D eigenvalue weighted by molar-refractivity contribution is -0.131. The van der Waals surface area contributed by atoms with Crippen LogP contribution in [0.4, 0.5) is 5.69 Å². The molecule has 0 bridgehead atoms. The highest BCUT2D eigenvalue weighted by atomic mass is 16.2. The molecular formula is C32H37N3O. The van der Waals surface area contributed by atoms with Crippen molar-refractivity contribution in [3.05, 3.63) is 89.0 Å². The number of anilines is 1. The van der Waals surface area contributed by atoms with Gasteiger partial charge < -0.3 is 9.80 Å². The lowest BCUT2D eigenvalue weighted by Crippen LogP contribution is -2.58. The van der Waals surface area contributed by atoms with Crippen LogP contribution in [-0.4, -0.2) is 47.9 Å². The number of hydrogen-bond donors (Lipinski definition) is 0. The Hall–Kier alpha value is -3.11. The molecule has 2 heterocycles. The van der Waals surface area contributed by atoms with Crippen molar-refractivity contribution in [2.45, 2.75) is 58.2 Å². The van der Waals surface area contributed by atoms with E-state index in [1.807, 2.05) is 0 Å². The van der Waals surface area contributed by atoms with Gasteiger partial charge in [-0.2, -0.15) is 0 Å². The summed E-state index contributed by atoms with van der Waals surface area (Å²) in [5.41, 5.74) is 9.07. The lowest BCUT2D eigenvalue weighted by Gasteiger charge is -2.46. The molecule has 4 nitrogen and oxygen atoms in total. The number of rotatable bonds is 8. The van der Waals surface area contributed by atoms with Crippen LogP contribution < -0.4 is 4.90 Å². The van der Waals surface area contributed by atoms with Gasteiger partial charge in [-0.3, -0.25) is 9.69 Å². The zero-order valence-corrected chi connectivity index (χ0v) is 21.6. The first-order chi connectivity index (χ1) is 17.7. The van der Waals surface area contributed by atoms with Gasteiger partial charge in [-0.25, -0.2) is 0 Å². The maximum atomic E-state index is 14.1. The van der Waals surface area contributed by atoms with Gasteiger partial charge in [0.1, 0.15) is 0 Å². The summed E-state index contributed by atoms with van der Waals surface area (Å²) < 4.78 is 0. The van der Waals surface area contributed by atoms with E-state index in [4.69, 9.17) is 0 Å². The smallest absolute Gasteiger partial charge is 0.234 e. The van der Waals surface area contributed by atoms with Crippen molar-refractivity contribution in [1.82, 2.24) is 9.80 Å². The SMILES string of the molecule is CCCCN(CCC)C(=O)C1c2ccccc2-c2cccc(N3CC(N4Cc5ccccc5C4)C3)c21. The van der Waals surface area contributed by atoms with Crippen molar-refractivity contribution in [2.75, 3.05) is 31.1 Å². The molecule has 0 N–H and O–H groups in total. The summed E-state index contributed by atoms with van der Waals surface area (Å²) in [6.45, 7) is 10.2. The number of unbranched alkanes of at least 4 members (excludes halogenated alkanes) is 1. The summed E-state index contributed by atoms with van der Waals surface area (Å²) in [4.78, 5) is 21.4. The monoisotopic (exact) mass is 479 g/mol. The number of carbonyl (C=O) groups is 1. The van der Waals surface area contributed by atoms with Crippen LogP contribution >= 0.6 is 0 Å². The number of carbonyl (C=O) groups excluding carboxylic acids is 1. The minimum absolute atomic E-state index is 0.203. The Morgan fingerprint density at radius 3 is 2.25 bits per heavy atom. The Kier molecular flexibility index (Phi) is 6.30. The van der Waals surface area contributed by atoms with Crippen LogP contribution in [0.3, 0.4) is 0 Å². The van der Waals surface area contributed by atoms with E-state index in [9.17, 15) is 4.79 Å². The second-order valence-corrected chi connectivity index (χ2v) is 10.7. The van der Waals surface area contributed by atoms with E-state index in [1.54, 1.807) is 0 Å². The summed E-state index contributed by atoms with van der Waals surface area (Å²) in [6.07, 6.45) is 3.15. The predicted octanol–water partition coefficient (Wildman–Crippen LogP) is 6.04. The molecule has 1 fully saturated rings. The van der Waals surface area contributed by atoms with Gasteiger partial charge in [-0.05, 0) is 46.7 Å². The summed E-state index contributed by atoms with van der Waals surface area (Å²) in [5, 5.41) is 0. The maximum Gasteiger partial charge on any atom is 0.234 e. The van der Waals surface area contributed by atoms with Crippen molar-refractivity contribution in [1.29, 1.82) is 0 Å². The highest BCUT2D eigenvalue weighted by molar-refractivity contribution is 5.99. The highest BCUT2D eigenvalue weighted by Crippen LogP contribution is 2.50. The van der Waals surface area contributed by atoms with Gasteiger partial charge >= 0.3 is 0 Å². The van der Waals surface area contributed by atoms with Gasteiger partial charge in [0.25, 0.3) is 0 Å². The topological polar surface area (TPSA) is 26.8 Å². The van der Waals surface area contributed by atoms with Crippen molar-refractivity contribution >= 4 is 11.6 Å². The largest absolute Gasteiger partial charge is 0.368 e. The van der Waals surface area contributed by atoms with Crippen LogP contribution in [0.25, 0.3) is 11.1 Å². The van der Waals surface area contributed by atoms with Gasteiger partial charge in [-0.1, -0.05) is 80.9 Å². The molecule has 0 radical (unpaired) electrons. The minimum Gasteiger partial charge on any atom is -0.368 e. The molecule has 2 aliphatic heterocycles. The quantitative estimate of drug-likeness (QED) is 0.394. The first-order valence-corrected chi connectivity index (χ1v) is 13.8. The van der Waals surface area contributed by atoms with Crippen LogP contribution in [0.1, 0.15) is 61.3 Å². The Morgan fingerprint density at radius 2 is 1.53 bits per heavy atom. The maximum absolute atomic E-state index is 14.1. The second kappa shape index (κ2) is 9.74. The second-order valence-electron chi connectivity index (χ2n) is 10.7. The molecule has 6 rings (SSSR count). The summed E-state index contributed by atoms with van der Waals surface area (Å²) >= 11 is 0. The zero-order valence-electron chi connectivity index (χ0n) is 21.6. The Morgan fingerprint density at radius 1 is 0.833 bits per heavy atom. The predicted molar refractivity (Wildman–Crippen MR) is 147 cm³/mol. The number of fused-ring (bicyclic) bond motifs is 4. The number of amides is 1. The van der Waals surface area contributed by atoms with E-state index in [1.165, 1.54) is 39.1 Å². The Labute approximate surface area is 215 Å². The van der Waals surface area contributed by atoms with Crippen LogP contribution in [0.5, 0.6) is 0 Å². The fourth-order valence-corrected chi connectivity index (χ4v) is 6.41. The van der Waals surface area contributed by atoms with Gasteiger partial charge in [0.2, 0.25) is 5.91 Å². The third-order valence-corrected chi connectivity index (χ3v) is 8.35. The third-order valence-electron chi connectivity index (χ3n) is 8.35. The molecule has 1 aliphatic carbocycles. The van der Waals surface area contributed by atoms with Gasteiger partial charge in [0, 0.05) is 56.6 Å². The summed E-state index contributed by atoms with van der Waals surface area (Å²) in [6, 6.07) is 24.6. The molecule has 186 valence electrons. The van der Waals surface area contributed by atoms with Gasteiger partial charge in [0.05, 0.1) is 5.92 Å². The van der Waals surface area contributed by atoms with E-state index in [-0.39, 0.29) is 11.8 Å². The lowest BCUT2D eigenvalue weighted by atomic mass is 9.92. The molecule has 0 spiro atoms. The minimum atomic E-state index is -0.203. The number of nitrogens with zero attached hydrogens (tertiary/aromatic N) is 3. The first kappa shape index (κ1) is 23.3. The normalized spacial score (nSPS) is 18.5. The standard InChI is InChI=1S/C32H37N3O/c1-3-5-18-33(17-4-2)32(36)31-28-14-9-8-13-26(28)27-15-10-16-29(30(27)31)35-21-25(22-35)34-19-23-11-6-7-12-24(23)20-34/h6-16,25,31H,3-5,17-22H2,1-2H3. The van der Waals surface area contributed by atoms with Crippen LogP contribution in [0.15, 0.2) is 66.7 Å². The van der Waals surface area contributed by atoms with Gasteiger partial charge in [0.15, 0.2) is 0 Å². The van der Waals surface area contributed by atoms with Crippen molar-refractivity contribution in [3.63, 3.8) is 0 Å². The van der Waals surface area contributed by atoms with E-state index >= 15 is 0 Å². The first-order valence-electron chi connectivity index (χ1n) is 13.8. The van der Waals surface area contributed by atoms with E-state index in [2.05, 4.69) is 95.3 Å². The molecular weight excluding hydrogens is 442 g/mol. The number of benzene rings is 3.